The molecule has 0 fully saturated rings. The molecule has 0 aliphatic rings. The van der Waals surface area contributed by atoms with Crippen LogP contribution < -0.4 is 4.90 Å². The van der Waals surface area contributed by atoms with Crippen LogP contribution in [0.1, 0.15) is 19.2 Å². The predicted molar refractivity (Wildman–Crippen MR) is 190 cm³/mol. The zero-order valence-corrected chi connectivity index (χ0v) is 23.3. The van der Waals surface area contributed by atoms with Crippen LogP contribution >= 0.6 is 0 Å². The van der Waals surface area contributed by atoms with Crippen molar-refractivity contribution < 1.29 is 19.2 Å². The Morgan fingerprint density at radius 3 is 1.78 bits per heavy atom. The van der Waals surface area contributed by atoms with Crippen molar-refractivity contribution >= 4 is 77.0 Å². The van der Waals surface area contributed by atoms with Crippen LogP contribution in [0.2, 0.25) is 0 Å². The molecule has 0 aliphatic carbocycles. The Bertz CT molecular complexity index is 3390. The van der Waals surface area contributed by atoms with Gasteiger partial charge in [0.2, 0.25) is 0 Å². The zero-order valence-electron chi connectivity index (χ0n) is 37.3. The normalized spacial score (nSPS) is 16.4. The average molecular weight is 588 g/mol. The fourth-order valence-electron chi connectivity index (χ4n) is 6.82. The van der Waals surface area contributed by atoms with Gasteiger partial charge in [-0.3, -0.25) is 0 Å². The Kier molecular flexibility index (Phi) is 2.99. The van der Waals surface area contributed by atoms with E-state index in [-0.39, 0.29) is 5.69 Å². The van der Waals surface area contributed by atoms with E-state index in [0.717, 1.165) is 53.8 Å². The second kappa shape index (κ2) is 9.22. The maximum Gasteiger partial charge on any atom is 0.0667 e. The molecule has 3 nitrogen and oxygen atoms in total. The standard InChI is InChI=1S/C42H27N3/c1-3-13-28(14-4-1)43(29-15-5-2-6-16-29)30-17-9-18-31(27-30)44-37-24-11-20-33-35-22-10-21-34-32-19-7-8-23-36(32)45(42(34)35)39-26-12-25-38(44)41(39)40(33)37/h1-27H/i1D,2D,3D,4D,5D,6D,9D,13D,14D,15D,16D,17D,18D,27D. The van der Waals surface area contributed by atoms with E-state index in [0.29, 0.717) is 11.0 Å². The quantitative estimate of drug-likeness (QED) is 0.200. The highest BCUT2D eigenvalue weighted by Crippen LogP contribution is 2.44. The molecule has 45 heavy (non-hydrogen) atoms. The summed E-state index contributed by atoms with van der Waals surface area (Å²) in [5.74, 6) is 0. The molecule has 3 heterocycles. The lowest BCUT2D eigenvalue weighted by Gasteiger charge is -2.26. The number of para-hydroxylation sites is 4. The number of benzene rings is 7. The molecule has 3 heteroatoms. The van der Waals surface area contributed by atoms with Gasteiger partial charge in [0, 0.05) is 49.7 Å². The fourth-order valence-corrected chi connectivity index (χ4v) is 6.82. The zero-order chi connectivity index (χ0) is 41.7. The van der Waals surface area contributed by atoms with Gasteiger partial charge in [-0.1, -0.05) is 96.9 Å². The fraction of sp³-hybridized carbons (Fsp3) is 0. The number of hydrogen-bond acceptors (Lipinski definition) is 1. The summed E-state index contributed by atoms with van der Waals surface area (Å²) in [4.78, 5) is 0.721. The highest BCUT2D eigenvalue weighted by Gasteiger charge is 2.22. The smallest absolute Gasteiger partial charge is 0.0667 e. The Labute approximate surface area is 279 Å². The van der Waals surface area contributed by atoms with E-state index in [1.54, 1.807) is 4.57 Å². The van der Waals surface area contributed by atoms with E-state index in [9.17, 15) is 5.48 Å². The molecule has 0 saturated carbocycles. The van der Waals surface area contributed by atoms with E-state index in [1.807, 2.05) is 66.7 Å². The van der Waals surface area contributed by atoms with Crippen molar-refractivity contribution in [3.8, 4) is 5.69 Å². The third-order valence-electron chi connectivity index (χ3n) is 8.49. The Hall–Kier alpha value is -6.06. The summed E-state index contributed by atoms with van der Waals surface area (Å²) in [6.45, 7) is 0. The highest BCUT2D eigenvalue weighted by molar-refractivity contribution is 6.31. The number of hydrogen-bond donors (Lipinski definition) is 0. The summed E-state index contributed by atoms with van der Waals surface area (Å²) in [5, 5.41) is 5.47. The van der Waals surface area contributed by atoms with Crippen LogP contribution in [-0.4, -0.2) is 8.97 Å². The van der Waals surface area contributed by atoms with E-state index < -0.39 is 102 Å². The molecular weight excluding hydrogens is 546 g/mol. The average Bonchev–Trinajstić information content (AvgIpc) is 3.71. The lowest BCUT2D eigenvalue weighted by atomic mass is 10.0. The summed E-state index contributed by atoms with van der Waals surface area (Å²) < 4.78 is 128. The molecule has 7 aromatic carbocycles. The molecule has 210 valence electrons. The van der Waals surface area contributed by atoms with Crippen LogP contribution in [0.15, 0.2) is 163 Å². The molecule has 0 atom stereocenters. The second-order valence-electron chi connectivity index (χ2n) is 10.7. The largest absolute Gasteiger partial charge is 0.310 e. The first-order chi connectivity index (χ1) is 28.2. The number of rotatable bonds is 4. The summed E-state index contributed by atoms with van der Waals surface area (Å²) in [7, 11) is 0. The molecule has 0 amide bonds. The second-order valence-corrected chi connectivity index (χ2v) is 10.7. The molecule has 0 radical (unpaired) electrons. The predicted octanol–water partition coefficient (Wildman–Crippen LogP) is 11.4. The third kappa shape index (κ3) is 3.35. The first-order valence-corrected chi connectivity index (χ1v) is 14.3. The van der Waals surface area contributed by atoms with Gasteiger partial charge in [0.1, 0.15) is 0 Å². The van der Waals surface area contributed by atoms with Crippen LogP contribution in [0.4, 0.5) is 17.1 Å². The van der Waals surface area contributed by atoms with E-state index in [2.05, 4.69) is 16.5 Å². The van der Waals surface area contributed by atoms with Crippen LogP contribution in [0.5, 0.6) is 0 Å². The van der Waals surface area contributed by atoms with Crippen LogP contribution in [0, 0.1) is 0 Å². The molecule has 0 N–H and O–H groups in total. The van der Waals surface area contributed by atoms with Crippen LogP contribution in [-0.2, 0) is 0 Å². The van der Waals surface area contributed by atoms with Crippen molar-refractivity contribution in [3.63, 3.8) is 0 Å². The van der Waals surface area contributed by atoms with Gasteiger partial charge in [-0.05, 0) is 71.9 Å². The maximum atomic E-state index is 9.92. The van der Waals surface area contributed by atoms with Gasteiger partial charge in [0.15, 0.2) is 0 Å². The first-order valence-electron chi connectivity index (χ1n) is 21.3. The summed E-state index contributed by atoms with van der Waals surface area (Å²) in [5.41, 5.74) is 1.59. The van der Waals surface area contributed by atoms with Crippen molar-refractivity contribution in [2.45, 2.75) is 0 Å². The van der Waals surface area contributed by atoms with Crippen molar-refractivity contribution in [1.29, 1.82) is 0 Å². The number of fused-ring (bicyclic) bond motifs is 5. The molecular formula is C42H27N3. The lowest BCUT2D eigenvalue weighted by Crippen LogP contribution is -2.10. The minimum atomic E-state index is -0.846. The van der Waals surface area contributed by atoms with Crippen LogP contribution in [0.3, 0.4) is 0 Å². The van der Waals surface area contributed by atoms with Gasteiger partial charge in [0.25, 0.3) is 0 Å². The summed E-state index contributed by atoms with van der Waals surface area (Å²) in [6, 6.07) is 14.7. The monoisotopic (exact) mass is 587 g/mol. The van der Waals surface area contributed by atoms with E-state index in [4.69, 9.17) is 13.7 Å². The van der Waals surface area contributed by atoms with Gasteiger partial charge in [-0.15, -0.1) is 0 Å². The Balaban J connectivity index is 1.41. The van der Waals surface area contributed by atoms with E-state index in [1.165, 1.54) is 0 Å². The van der Waals surface area contributed by atoms with Crippen molar-refractivity contribution in [1.82, 2.24) is 8.97 Å². The summed E-state index contributed by atoms with van der Waals surface area (Å²) >= 11 is 0. The lowest BCUT2D eigenvalue weighted by molar-refractivity contribution is 1.17. The highest BCUT2D eigenvalue weighted by atomic mass is 15.1. The first kappa shape index (κ1) is 14.6. The third-order valence-corrected chi connectivity index (χ3v) is 8.49. The van der Waals surface area contributed by atoms with Crippen molar-refractivity contribution in [3.05, 3.63) is 163 Å². The molecule has 0 saturated heterocycles. The maximum absolute atomic E-state index is 9.92. The van der Waals surface area contributed by atoms with Gasteiger partial charge < -0.3 is 13.9 Å². The Morgan fingerprint density at radius 2 is 1.00 bits per heavy atom. The molecule has 3 aromatic heterocycles. The van der Waals surface area contributed by atoms with Gasteiger partial charge in [0.05, 0.1) is 46.8 Å². The summed E-state index contributed by atoms with van der Waals surface area (Å²) in [6.07, 6.45) is 0. The van der Waals surface area contributed by atoms with Crippen LogP contribution in [0.25, 0.3) is 65.6 Å². The molecule has 0 aliphatic heterocycles. The minimum Gasteiger partial charge on any atom is -0.310 e. The molecule has 10 aromatic rings. The Morgan fingerprint density at radius 1 is 0.444 bits per heavy atom. The molecule has 10 rings (SSSR count). The molecule has 0 unspecified atom stereocenters. The van der Waals surface area contributed by atoms with Crippen molar-refractivity contribution in [2.24, 2.45) is 0 Å². The number of anilines is 3. The molecule has 0 spiro atoms. The molecule has 0 bridgehead atoms. The number of aromatic nitrogens is 2. The van der Waals surface area contributed by atoms with Gasteiger partial charge in [-0.2, -0.15) is 0 Å². The minimum absolute atomic E-state index is 0.212. The van der Waals surface area contributed by atoms with Gasteiger partial charge >= 0.3 is 0 Å². The SMILES string of the molecule is [2H]c1c([2H])c([2H])c(N(c2c([2H])c([2H])c([2H])c([2H])c2[2H])c2c([2H])c([2H])c([2H])c(-n3c4cccc5c6cccc7c8ccccc8n(c8cccc3c8c54)c67)c2[2H])c([2H])c1[2H]. The number of nitrogens with zero attached hydrogens (tertiary/aromatic N) is 3. The topological polar surface area (TPSA) is 12.6 Å². The van der Waals surface area contributed by atoms with Crippen molar-refractivity contribution in [2.75, 3.05) is 4.90 Å². The van der Waals surface area contributed by atoms with Gasteiger partial charge in [-0.25, -0.2) is 0 Å². The van der Waals surface area contributed by atoms with E-state index >= 15 is 0 Å².